The summed E-state index contributed by atoms with van der Waals surface area (Å²) < 4.78 is 0. The summed E-state index contributed by atoms with van der Waals surface area (Å²) in [4.78, 5) is 9.16. The molecule has 1 aliphatic rings. The number of benzene rings is 1. The van der Waals surface area contributed by atoms with Crippen LogP contribution in [-0.4, -0.2) is 51.1 Å². The first-order valence-corrected chi connectivity index (χ1v) is 8.92. The quantitative estimate of drug-likeness (QED) is 0.497. The van der Waals surface area contributed by atoms with Gasteiger partial charge in [-0.15, -0.1) is 0 Å². The molecule has 1 N–H and O–H groups in total. The van der Waals surface area contributed by atoms with Crippen molar-refractivity contribution < 1.29 is 0 Å². The van der Waals surface area contributed by atoms with Gasteiger partial charge >= 0.3 is 0 Å². The van der Waals surface area contributed by atoms with Crippen LogP contribution in [0.2, 0.25) is 0 Å². The molecule has 0 bridgehead atoms. The molecule has 1 fully saturated rings. The number of piperidine rings is 1. The van der Waals surface area contributed by atoms with Gasteiger partial charge in [-0.2, -0.15) is 0 Å². The summed E-state index contributed by atoms with van der Waals surface area (Å²) in [5.74, 6) is 1.94. The third kappa shape index (κ3) is 5.77. The van der Waals surface area contributed by atoms with Crippen LogP contribution >= 0.6 is 0 Å². The summed E-state index contributed by atoms with van der Waals surface area (Å²) in [6.45, 7) is 6.71. The lowest BCUT2D eigenvalue weighted by Gasteiger charge is -2.33. The monoisotopic (exact) mass is 316 g/mol. The average molecular weight is 316 g/mol. The van der Waals surface area contributed by atoms with Gasteiger partial charge in [0.25, 0.3) is 0 Å². The van der Waals surface area contributed by atoms with Crippen molar-refractivity contribution >= 4 is 11.6 Å². The number of rotatable bonds is 6. The van der Waals surface area contributed by atoms with E-state index in [1.165, 1.54) is 31.4 Å². The molecule has 0 atom stereocenters. The first-order chi connectivity index (χ1) is 11.2. The number of aliphatic imine (C=N–C) groups is 1. The van der Waals surface area contributed by atoms with Crippen LogP contribution in [0.5, 0.6) is 0 Å². The fourth-order valence-electron chi connectivity index (χ4n) is 3.04. The van der Waals surface area contributed by atoms with Crippen molar-refractivity contribution in [1.82, 2.24) is 10.2 Å². The first-order valence-electron chi connectivity index (χ1n) is 8.92. The normalized spacial score (nSPS) is 16.5. The van der Waals surface area contributed by atoms with Gasteiger partial charge in [0.1, 0.15) is 0 Å². The fraction of sp³-hybridized carbons (Fsp3) is 0.632. The predicted octanol–water partition coefficient (Wildman–Crippen LogP) is 3.21. The summed E-state index contributed by atoms with van der Waals surface area (Å²) in [6, 6.07) is 10.6. The number of anilines is 1. The Morgan fingerprint density at radius 3 is 2.57 bits per heavy atom. The number of unbranched alkanes of at least 4 members (excludes halogenated alkanes) is 1. The van der Waals surface area contributed by atoms with E-state index in [0.29, 0.717) is 0 Å². The summed E-state index contributed by atoms with van der Waals surface area (Å²) in [5, 5.41) is 3.52. The molecular formula is C19H32N4. The van der Waals surface area contributed by atoms with Gasteiger partial charge in [0.2, 0.25) is 0 Å². The van der Waals surface area contributed by atoms with Crippen LogP contribution < -0.4 is 10.2 Å². The average Bonchev–Trinajstić information content (AvgIpc) is 2.60. The Labute approximate surface area is 141 Å². The van der Waals surface area contributed by atoms with Crippen molar-refractivity contribution in [2.24, 2.45) is 10.9 Å². The van der Waals surface area contributed by atoms with Crippen molar-refractivity contribution in [2.45, 2.75) is 32.6 Å². The van der Waals surface area contributed by atoms with Gasteiger partial charge in [-0.25, -0.2) is 0 Å². The number of guanidine groups is 1. The molecule has 1 saturated heterocycles. The maximum atomic E-state index is 4.44. The van der Waals surface area contributed by atoms with Crippen LogP contribution in [-0.2, 0) is 0 Å². The Balaban J connectivity index is 1.62. The van der Waals surface area contributed by atoms with Crippen molar-refractivity contribution in [1.29, 1.82) is 0 Å². The third-order valence-corrected chi connectivity index (χ3v) is 4.70. The van der Waals surface area contributed by atoms with Crippen molar-refractivity contribution in [3.8, 4) is 0 Å². The highest BCUT2D eigenvalue weighted by Gasteiger charge is 2.18. The maximum Gasteiger partial charge on any atom is 0.193 e. The minimum atomic E-state index is 0.859. The third-order valence-electron chi connectivity index (χ3n) is 4.70. The number of hydrogen-bond donors (Lipinski definition) is 1. The van der Waals surface area contributed by atoms with E-state index >= 15 is 0 Å². The second-order valence-corrected chi connectivity index (χ2v) is 6.61. The lowest BCUT2D eigenvalue weighted by atomic mass is 10.00. The van der Waals surface area contributed by atoms with Crippen molar-refractivity contribution in [3.05, 3.63) is 30.3 Å². The number of likely N-dealkylation sites (tertiary alicyclic amines) is 1. The van der Waals surface area contributed by atoms with Gasteiger partial charge in [-0.05, 0) is 43.7 Å². The van der Waals surface area contributed by atoms with Gasteiger partial charge in [-0.1, -0.05) is 25.1 Å². The first kappa shape index (κ1) is 17.6. The summed E-state index contributed by atoms with van der Waals surface area (Å²) in [7, 11) is 4.06. The van der Waals surface area contributed by atoms with Crippen LogP contribution in [0.25, 0.3) is 0 Å². The Morgan fingerprint density at radius 2 is 1.91 bits per heavy atom. The second-order valence-electron chi connectivity index (χ2n) is 6.61. The highest BCUT2D eigenvalue weighted by atomic mass is 15.3. The van der Waals surface area contributed by atoms with E-state index in [0.717, 1.165) is 38.1 Å². The van der Waals surface area contributed by atoms with Crippen LogP contribution in [0.4, 0.5) is 5.69 Å². The molecule has 1 aromatic carbocycles. The van der Waals surface area contributed by atoms with Gasteiger partial charge in [0, 0.05) is 46.0 Å². The SMILES string of the molecule is CN=C(NCCCCN(C)c1ccccc1)N1CCC(C)CC1. The summed E-state index contributed by atoms with van der Waals surface area (Å²) in [6.07, 6.45) is 4.91. The second kappa shape index (κ2) is 9.43. The standard InChI is InChI=1S/C19H32N4/c1-17-11-15-23(16-12-17)19(20-2)21-13-7-8-14-22(3)18-9-5-4-6-10-18/h4-6,9-10,17H,7-8,11-16H2,1-3H3,(H,20,21). The molecule has 0 aliphatic carbocycles. The van der Waals surface area contributed by atoms with E-state index in [1.54, 1.807) is 0 Å². The molecule has 0 saturated carbocycles. The number of para-hydroxylation sites is 1. The molecule has 23 heavy (non-hydrogen) atoms. The fourth-order valence-corrected chi connectivity index (χ4v) is 3.04. The van der Waals surface area contributed by atoms with E-state index in [4.69, 9.17) is 0 Å². The molecule has 0 unspecified atom stereocenters. The minimum Gasteiger partial charge on any atom is -0.375 e. The van der Waals surface area contributed by atoms with E-state index in [1.807, 2.05) is 7.05 Å². The van der Waals surface area contributed by atoms with Crippen molar-refractivity contribution in [3.63, 3.8) is 0 Å². The Kier molecular flexibility index (Phi) is 7.24. The molecule has 1 aromatic rings. The molecule has 0 radical (unpaired) electrons. The van der Waals surface area contributed by atoms with E-state index in [9.17, 15) is 0 Å². The highest BCUT2D eigenvalue weighted by Crippen LogP contribution is 2.16. The van der Waals surface area contributed by atoms with Crippen LogP contribution in [0, 0.1) is 5.92 Å². The topological polar surface area (TPSA) is 30.9 Å². The largest absolute Gasteiger partial charge is 0.375 e. The Bertz CT molecular complexity index is 464. The molecule has 0 spiro atoms. The molecule has 4 nitrogen and oxygen atoms in total. The van der Waals surface area contributed by atoms with E-state index < -0.39 is 0 Å². The van der Waals surface area contributed by atoms with E-state index in [-0.39, 0.29) is 0 Å². The summed E-state index contributed by atoms with van der Waals surface area (Å²) in [5.41, 5.74) is 1.29. The zero-order chi connectivity index (χ0) is 16.5. The van der Waals surface area contributed by atoms with E-state index in [2.05, 4.69) is 64.4 Å². The molecular weight excluding hydrogens is 284 g/mol. The molecule has 0 amide bonds. The molecule has 2 rings (SSSR count). The van der Waals surface area contributed by atoms with Gasteiger partial charge < -0.3 is 15.1 Å². The lowest BCUT2D eigenvalue weighted by Crippen LogP contribution is -2.45. The zero-order valence-corrected chi connectivity index (χ0v) is 15.0. The minimum absolute atomic E-state index is 0.859. The van der Waals surface area contributed by atoms with Gasteiger partial charge in [-0.3, -0.25) is 4.99 Å². The summed E-state index contributed by atoms with van der Waals surface area (Å²) >= 11 is 0. The predicted molar refractivity (Wildman–Crippen MR) is 100 cm³/mol. The molecule has 4 heteroatoms. The van der Waals surface area contributed by atoms with Crippen LogP contribution in [0.3, 0.4) is 0 Å². The highest BCUT2D eigenvalue weighted by molar-refractivity contribution is 5.79. The maximum absolute atomic E-state index is 4.44. The van der Waals surface area contributed by atoms with Crippen LogP contribution in [0.15, 0.2) is 35.3 Å². The zero-order valence-electron chi connectivity index (χ0n) is 15.0. The number of hydrogen-bond acceptors (Lipinski definition) is 2. The Morgan fingerprint density at radius 1 is 1.22 bits per heavy atom. The molecule has 0 aromatic heterocycles. The molecule has 1 heterocycles. The number of nitrogens with zero attached hydrogens (tertiary/aromatic N) is 3. The molecule has 128 valence electrons. The van der Waals surface area contributed by atoms with Crippen molar-refractivity contribution in [2.75, 3.05) is 45.2 Å². The smallest absolute Gasteiger partial charge is 0.193 e. The lowest BCUT2D eigenvalue weighted by molar-refractivity contribution is 0.273. The molecule has 1 aliphatic heterocycles. The Hall–Kier alpha value is -1.71. The van der Waals surface area contributed by atoms with Crippen LogP contribution in [0.1, 0.15) is 32.6 Å². The van der Waals surface area contributed by atoms with Gasteiger partial charge in [0.05, 0.1) is 0 Å². The number of nitrogens with one attached hydrogen (secondary N) is 1. The van der Waals surface area contributed by atoms with Gasteiger partial charge in [0.15, 0.2) is 5.96 Å².